The van der Waals surface area contributed by atoms with Gasteiger partial charge in [0.05, 0.1) is 28.1 Å². The lowest BCUT2D eigenvalue weighted by Crippen LogP contribution is -2.29. The molecule has 1 unspecified atom stereocenters. The molecule has 2 aromatic carbocycles. The van der Waals surface area contributed by atoms with Crippen LogP contribution in [0, 0.1) is 5.82 Å². The fraction of sp³-hybridized carbons (Fsp3) is 0.259. The van der Waals surface area contributed by atoms with Crippen molar-refractivity contribution in [3.63, 3.8) is 0 Å². The number of halogens is 2. The zero-order chi connectivity index (χ0) is 24.5. The van der Waals surface area contributed by atoms with Gasteiger partial charge in [0.25, 0.3) is 0 Å². The van der Waals surface area contributed by atoms with Crippen molar-refractivity contribution in [3.8, 4) is 16.9 Å². The van der Waals surface area contributed by atoms with Crippen molar-refractivity contribution in [2.45, 2.75) is 25.8 Å². The molecule has 1 aliphatic heterocycles. The summed E-state index contributed by atoms with van der Waals surface area (Å²) < 4.78 is 14.1. The molecule has 0 saturated carbocycles. The van der Waals surface area contributed by atoms with E-state index >= 15 is 0 Å². The van der Waals surface area contributed by atoms with Gasteiger partial charge in [-0.3, -0.25) is 4.98 Å². The highest BCUT2D eigenvalue weighted by Crippen LogP contribution is 2.36. The molecule has 0 spiro atoms. The molecule has 0 amide bonds. The summed E-state index contributed by atoms with van der Waals surface area (Å²) in [5.41, 5.74) is 5.05. The molecule has 0 radical (unpaired) electrons. The average molecular weight is 492 g/mol. The fourth-order valence-corrected chi connectivity index (χ4v) is 4.76. The maximum atomic E-state index is 14.1. The topological polar surface area (TPSA) is 73.3 Å². The Hall–Kier alpha value is -3.42. The number of benzene rings is 2. The number of pyridine rings is 2. The Labute approximate surface area is 208 Å². The first-order valence-corrected chi connectivity index (χ1v) is 12.1. The Kier molecular flexibility index (Phi) is 6.45. The Morgan fingerprint density at radius 1 is 1.11 bits per heavy atom. The number of likely N-dealkylation sites (N-methyl/N-ethyl adjacent to an activating group) is 1. The Morgan fingerprint density at radius 3 is 2.66 bits per heavy atom. The van der Waals surface area contributed by atoms with Gasteiger partial charge in [-0.2, -0.15) is 0 Å². The van der Waals surface area contributed by atoms with E-state index in [4.69, 9.17) is 16.6 Å². The SMILES string of the molecule is CCc1cnc2ccc(-c3cc(F)c(O)c(Cl)c3)cc2c1Nc1ccc(N2CCC(NC)C2)nc1. The summed E-state index contributed by atoms with van der Waals surface area (Å²) in [5.74, 6) is -0.325. The lowest BCUT2D eigenvalue weighted by atomic mass is 10.00. The molecule has 5 rings (SSSR count). The van der Waals surface area contributed by atoms with Crippen molar-refractivity contribution in [2.75, 3.05) is 30.4 Å². The molecule has 1 aliphatic rings. The highest BCUT2D eigenvalue weighted by Gasteiger charge is 2.22. The van der Waals surface area contributed by atoms with Gasteiger partial charge in [-0.15, -0.1) is 0 Å². The molecule has 4 aromatic rings. The summed E-state index contributed by atoms with van der Waals surface area (Å²) in [5, 5.41) is 17.5. The number of hydrogen-bond acceptors (Lipinski definition) is 6. The molecule has 0 aliphatic carbocycles. The van der Waals surface area contributed by atoms with Crippen LogP contribution < -0.4 is 15.5 Å². The zero-order valence-corrected chi connectivity index (χ0v) is 20.4. The van der Waals surface area contributed by atoms with Crippen LogP contribution in [0.3, 0.4) is 0 Å². The molecular formula is C27H27ClFN5O. The Morgan fingerprint density at radius 2 is 1.97 bits per heavy atom. The van der Waals surface area contributed by atoms with E-state index in [0.29, 0.717) is 11.6 Å². The first-order valence-electron chi connectivity index (χ1n) is 11.7. The van der Waals surface area contributed by atoms with Crippen LogP contribution in [-0.2, 0) is 6.42 Å². The molecule has 35 heavy (non-hydrogen) atoms. The summed E-state index contributed by atoms with van der Waals surface area (Å²) in [7, 11) is 2.00. The number of nitrogens with one attached hydrogen (secondary N) is 2. The number of hydrogen-bond donors (Lipinski definition) is 3. The van der Waals surface area contributed by atoms with E-state index in [-0.39, 0.29) is 5.02 Å². The molecule has 0 bridgehead atoms. The molecule has 2 aromatic heterocycles. The van der Waals surface area contributed by atoms with Crippen LogP contribution in [0.2, 0.25) is 5.02 Å². The molecule has 3 N–H and O–H groups in total. The standard InChI is InChI=1S/C27H27ClFN5O/c1-3-16-13-31-24-6-4-17(18-11-22(28)27(35)23(29)12-18)10-21(24)26(16)33-19-5-7-25(32-14-19)34-9-8-20(15-34)30-2/h4-7,10-14,20,30,35H,3,8-9,15H2,1-2H3,(H,31,33). The average Bonchev–Trinajstić information content (AvgIpc) is 3.37. The summed E-state index contributed by atoms with van der Waals surface area (Å²) in [6, 6.07) is 13.2. The molecule has 6 nitrogen and oxygen atoms in total. The van der Waals surface area contributed by atoms with Gasteiger partial charge in [0, 0.05) is 30.7 Å². The molecule has 1 atom stereocenters. The Balaban J connectivity index is 1.50. The molecule has 8 heteroatoms. The minimum absolute atomic E-state index is 0.0240. The lowest BCUT2D eigenvalue weighted by Gasteiger charge is -2.19. The van der Waals surface area contributed by atoms with Crippen LogP contribution in [0.25, 0.3) is 22.0 Å². The first kappa shape index (κ1) is 23.3. The van der Waals surface area contributed by atoms with Crippen LogP contribution in [0.1, 0.15) is 18.9 Å². The maximum absolute atomic E-state index is 14.1. The second-order valence-corrected chi connectivity index (χ2v) is 9.19. The minimum Gasteiger partial charge on any atom is -0.504 e. The normalized spacial score (nSPS) is 15.7. The lowest BCUT2D eigenvalue weighted by molar-refractivity contribution is 0.433. The van der Waals surface area contributed by atoms with Crippen molar-refractivity contribution in [3.05, 3.63) is 71.3 Å². The number of aryl methyl sites for hydroxylation is 1. The van der Waals surface area contributed by atoms with E-state index in [1.807, 2.05) is 49.8 Å². The molecule has 1 fully saturated rings. The minimum atomic E-state index is -0.753. The van der Waals surface area contributed by atoms with Gasteiger partial charge in [0.2, 0.25) is 0 Å². The predicted octanol–water partition coefficient (Wildman–Crippen LogP) is 5.90. The number of nitrogens with zero attached hydrogens (tertiary/aromatic N) is 3. The van der Waals surface area contributed by atoms with E-state index in [9.17, 15) is 9.50 Å². The van der Waals surface area contributed by atoms with Crippen LogP contribution in [0.4, 0.5) is 21.6 Å². The smallest absolute Gasteiger partial charge is 0.170 e. The number of rotatable bonds is 6. The highest BCUT2D eigenvalue weighted by atomic mass is 35.5. The number of aromatic hydroxyl groups is 1. The number of phenols is 1. The highest BCUT2D eigenvalue weighted by molar-refractivity contribution is 6.32. The van der Waals surface area contributed by atoms with Crippen molar-refractivity contribution in [1.82, 2.24) is 15.3 Å². The van der Waals surface area contributed by atoms with Crippen molar-refractivity contribution in [2.24, 2.45) is 0 Å². The number of aromatic nitrogens is 2. The monoisotopic (exact) mass is 491 g/mol. The van der Waals surface area contributed by atoms with Gasteiger partial charge in [-0.1, -0.05) is 24.6 Å². The third kappa shape index (κ3) is 4.61. The maximum Gasteiger partial charge on any atom is 0.170 e. The van der Waals surface area contributed by atoms with Crippen LogP contribution >= 0.6 is 11.6 Å². The van der Waals surface area contributed by atoms with Crippen LogP contribution in [0.5, 0.6) is 5.75 Å². The third-order valence-corrected chi connectivity index (χ3v) is 6.90. The van der Waals surface area contributed by atoms with Crippen LogP contribution in [-0.4, -0.2) is 41.3 Å². The van der Waals surface area contributed by atoms with Crippen molar-refractivity contribution in [1.29, 1.82) is 0 Å². The van der Waals surface area contributed by atoms with Crippen LogP contribution in [0.15, 0.2) is 54.9 Å². The summed E-state index contributed by atoms with van der Waals surface area (Å²) in [4.78, 5) is 11.6. The van der Waals surface area contributed by atoms with Gasteiger partial charge in [-0.25, -0.2) is 9.37 Å². The van der Waals surface area contributed by atoms with Crippen molar-refractivity contribution < 1.29 is 9.50 Å². The van der Waals surface area contributed by atoms with Gasteiger partial charge in [-0.05, 0) is 73.0 Å². The van der Waals surface area contributed by atoms with Gasteiger partial charge in [0.1, 0.15) is 5.82 Å². The Bertz CT molecular complexity index is 1360. The van der Waals surface area contributed by atoms with E-state index < -0.39 is 11.6 Å². The van der Waals surface area contributed by atoms with E-state index in [0.717, 1.165) is 65.2 Å². The molecule has 1 saturated heterocycles. The summed E-state index contributed by atoms with van der Waals surface area (Å²) in [6.45, 7) is 4.03. The van der Waals surface area contributed by atoms with Gasteiger partial charge >= 0.3 is 0 Å². The summed E-state index contributed by atoms with van der Waals surface area (Å²) >= 11 is 6.02. The predicted molar refractivity (Wildman–Crippen MR) is 140 cm³/mol. The summed E-state index contributed by atoms with van der Waals surface area (Å²) in [6.07, 6.45) is 5.64. The third-order valence-electron chi connectivity index (χ3n) is 6.62. The second kappa shape index (κ2) is 9.68. The first-order chi connectivity index (χ1) is 17.0. The molecule has 3 heterocycles. The molecule has 180 valence electrons. The van der Waals surface area contributed by atoms with E-state index in [1.54, 1.807) is 6.07 Å². The second-order valence-electron chi connectivity index (χ2n) is 8.78. The van der Waals surface area contributed by atoms with Gasteiger partial charge < -0.3 is 20.6 Å². The molecular weight excluding hydrogens is 465 g/mol. The number of anilines is 3. The number of fused-ring (bicyclic) bond motifs is 1. The number of phenolic OH excluding ortho intramolecular Hbond substituents is 1. The van der Waals surface area contributed by atoms with Crippen molar-refractivity contribution >= 4 is 39.7 Å². The zero-order valence-electron chi connectivity index (χ0n) is 19.6. The van der Waals surface area contributed by atoms with E-state index in [1.165, 1.54) is 6.07 Å². The van der Waals surface area contributed by atoms with Gasteiger partial charge in [0.15, 0.2) is 11.6 Å². The van der Waals surface area contributed by atoms with E-state index in [2.05, 4.69) is 27.4 Å². The fourth-order valence-electron chi connectivity index (χ4n) is 4.56. The largest absolute Gasteiger partial charge is 0.504 e. The quantitative estimate of drug-likeness (QED) is 0.312.